The van der Waals surface area contributed by atoms with E-state index in [1.165, 1.54) is 34.7 Å². The Hall–Kier alpha value is -3.01. The van der Waals surface area contributed by atoms with E-state index in [0.717, 1.165) is 17.8 Å². The molecule has 1 aromatic rings. The molecule has 9 nitrogen and oxygen atoms in total. The summed E-state index contributed by atoms with van der Waals surface area (Å²) in [6.45, 7) is 0. The molecular weight excluding hydrogens is 362 g/mol. The summed E-state index contributed by atoms with van der Waals surface area (Å²) in [7, 11) is 5.77. The molecule has 0 atom stereocenters. The fraction of sp³-hybridized carbons (Fsp3) is 0.250. The Morgan fingerprint density at radius 1 is 1.12 bits per heavy atom. The summed E-state index contributed by atoms with van der Waals surface area (Å²) >= 11 is 0.985. The highest BCUT2D eigenvalue weighted by molar-refractivity contribution is 8.18. The standard InChI is InChI=1S/C16H17N3O6S/c1-22-10-5-9(6-11(23-2)14(10)25-4)8-17-19-16-18-15(21)12(26-16)7-13(20)24-3/h5-8H,1-4H3,(H,18,19,21)/b12-7-,17-8+. The Kier molecular flexibility index (Phi) is 6.61. The quantitative estimate of drug-likeness (QED) is 0.344. The molecule has 1 N–H and O–H groups in total. The van der Waals surface area contributed by atoms with Crippen LogP contribution in [0.25, 0.3) is 0 Å². The van der Waals surface area contributed by atoms with E-state index in [0.29, 0.717) is 22.8 Å². The number of amides is 1. The zero-order valence-corrected chi connectivity index (χ0v) is 15.4. The van der Waals surface area contributed by atoms with Gasteiger partial charge in [-0.05, 0) is 23.9 Å². The Labute approximate surface area is 154 Å². The molecule has 1 aromatic carbocycles. The second-order valence-corrected chi connectivity index (χ2v) is 5.73. The van der Waals surface area contributed by atoms with Crippen LogP contribution in [0.4, 0.5) is 0 Å². The molecule has 1 aliphatic heterocycles. The highest BCUT2D eigenvalue weighted by atomic mass is 32.2. The topological polar surface area (TPSA) is 108 Å². The Morgan fingerprint density at radius 3 is 2.31 bits per heavy atom. The van der Waals surface area contributed by atoms with Crippen LogP contribution in [0.15, 0.2) is 33.3 Å². The molecule has 1 saturated heterocycles. The van der Waals surface area contributed by atoms with E-state index < -0.39 is 11.9 Å². The van der Waals surface area contributed by atoms with Gasteiger partial charge in [0.25, 0.3) is 5.91 Å². The molecule has 10 heteroatoms. The second-order valence-electron chi connectivity index (χ2n) is 4.70. The molecule has 1 heterocycles. The number of nitrogens with one attached hydrogen (secondary N) is 1. The number of hydrogen-bond donors (Lipinski definition) is 1. The molecule has 1 aliphatic rings. The summed E-state index contributed by atoms with van der Waals surface area (Å²) in [6, 6.07) is 3.40. The number of carbonyl (C=O) groups excluding carboxylic acids is 2. The van der Waals surface area contributed by atoms with Gasteiger partial charge in [0.15, 0.2) is 16.7 Å². The van der Waals surface area contributed by atoms with Gasteiger partial charge in [0, 0.05) is 11.6 Å². The summed E-state index contributed by atoms with van der Waals surface area (Å²) in [5, 5.41) is 10.6. The maximum absolute atomic E-state index is 11.7. The van der Waals surface area contributed by atoms with Gasteiger partial charge >= 0.3 is 5.97 Å². The number of nitrogens with zero attached hydrogens (tertiary/aromatic N) is 2. The molecule has 0 unspecified atom stereocenters. The number of carbonyl (C=O) groups is 2. The number of rotatable bonds is 6. The fourth-order valence-electron chi connectivity index (χ4n) is 1.96. The van der Waals surface area contributed by atoms with Crippen LogP contribution in [0, 0.1) is 0 Å². The van der Waals surface area contributed by atoms with Gasteiger partial charge < -0.3 is 18.9 Å². The third-order valence-corrected chi connectivity index (χ3v) is 4.04. The zero-order chi connectivity index (χ0) is 19.1. The van der Waals surface area contributed by atoms with Crippen molar-refractivity contribution in [3.05, 3.63) is 28.7 Å². The predicted octanol–water partition coefficient (Wildman–Crippen LogP) is 1.32. The first-order valence-electron chi connectivity index (χ1n) is 7.22. The van der Waals surface area contributed by atoms with Gasteiger partial charge in [-0.3, -0.25) is 10.1 Å². The number of amidine groups is 1. The summed E-state index contributed by atoms with van der Waals surface area (Å²) in [5.74, 6) is 0.363. The number of esters is 1. The van der Waals surface area contributed by atoms with Crippen LogP contribution in [-0.4, -0.2) is 51.7 Å². The molecule has 1 fully saturated rings. The third-order valence-electron chi connectivity index (χ3n) is 3.14. The molecule has 0 saturated carbocycles. The van der Waals surface area contributed by atoms with Crippen molar-refractivity contribution in [2.75, 3.05) is 28.4 Å². The second kappa shape index (κ2) is 8.90. The van der Waals surface area contributed by atoms with Crippen molar-refractivity contribution in [1.82, 2.24) is 5.32 Å². The van der Waals surface area contributed by atoms with Gasteiger partial charge in [-0.2, -0.15) is 5.10 Å². The summed E-state index contributed by atoms with van der Waals surface area (Å²) in [5.41, 5.74) is 0.656. The van der Waals surface area contributed by atoms with Crippen LogP contribution < -0.4 is 19.5 Å². The van der Waals surface area contributed by atoms with Gasteiger partial charge in [-0.1, -0.05) is 0 Å². The Bertz CT molecular complexity index is 778. The molecule has 0 aliphatic carbocycles. The van der Waals surface area contributed by atoms with Crippen molar-refractivity contribution < 1.29 is 28.5 Å². The van der Waals surface area contributed by atoms with Crippen molar-refractivity contribution >= 4 is 35.0 Å². The average Bonchev–Trinajstić information content (AvgIpc) is 2.99. The van der Waals surface area contributed by atoms with Crippen molar-refractivity contribution in [2.24, 2.45) is 10.2 Å². The molecule has 0 bridgehead atoms. The van der Waals surface area contributed by atoms with Crippen LogP contribution in [-0.2, 0) is 14.3 Å². The minimum atomic E-state index is -0.621. The fourth-order valence-corrected chi connectivity index (χ4v) is 2.70. The summed E-state index contributed by atoms with van der Waals surface area (Å²) in [4.78, 5) is 23.1. The van der Waals surface area contributed by atoms with E-state index in [9.17, 15) is 9.59 Å². The van der Waals surface area contributed by atoms with E-state index in [4.69, 9.17) is 14.2 Å². The third kappa shape index (κ3) is 4.54. The van der Waals surface area contributed by atoms with Crippen LogP contribution in [0.3, 0.4) is 0 Å². The smallest absolute Gasteiger partial charge is 0.331 e. The molecule has 0 spiro atoms. The van der Waals surface area contributed by atoms with E-state index in [-0.39, 0.29) is 10.1 Å². The molecule has 0 radical (unpaired) electrons. The summed E-state index contributed by atoms with van der Waals surface area (Å²) in [6.07, 6.45) is 2.55. The van der Waals surface area contributed by atoms with Crippen molar-refractivity contribution in [3.63, 3.8) is 0 Å². The van der Waals surface area contributed by atoms with Gasteiger partial charge in [0.1, 0.15) is 0 Å². The lowest BCUT2D eigenvalue weighted by Crippen LogP contribution is -2.19. The predicted molar refractivity (Wildman–Crippen MR) is 97.0 cm³/mol. The van der Waals surface area contributed by atoms with E-state index in [2.05, 4.69) is 20.3 Å². The maximum atomic E-state index is 11.7. The monoisotopic (exact) mass is 379 g/mol. The molecular formula is C16H17N3O6S. The largest absolute Gasteiger partial charge is 0.493 e. The van der Waals surface area contributed by atoms with Gasteiger partial charge in [-0.15, -0.1) is 5.10 Å². The van der Waals surface area contributed by atoms with Crippen LogP contribution in [0.5, 0.6) is 17.2 Å². The van der Waals surface area contributed by atoms with Crippen LogP contribution in [0.2, 0.25) is 0 Å². The van der Waals surface area contributed by atoms with Gasteiger partial charge in [0.05, 0.1) is 39.6 Å². The minimum absolute atomic E-state index is 0.179. The molecule has 1 amide bonds. The number of ether oxygens (including phenoxy) is 4. The first kappa shape index (κ1) is 19.3. The number of thioether (sulfide) groups is 1. The van der Waals surface area contributed by atoms with E-state index >= 15 is 0 Å². The van der Waals surface area contributed by atoms with Crippen molar-refractivity contribution in [1.29, 1.82) is 0 Å². The van der Waals surface area contributed by atoms with E-state index in [1.54, 1.807) is 12.1 Å². The van der Waals surface area contributed by atoms with Gasteiger partial charge in [-0.25, -0.2) is 4.79 Å². The molecule has 26 heavy (non-hydrogen) atoms. The molecule has 138 valence electrons. The number of hydrogen-bond acceptors (Lipinski definition) is 9. The highest BCUT2D eigenvalue weighted by Crippen LogP contribution is 2.37. The molecule has 0 aromatic heterocycles. The SMILES string of the molecule is COC(=O)/C=C1\S/C(=N/N=C/c2cc(OC)c(OC)c(OC)c2)NC1=O. The van der Waals surface area contributed by atoms with Crippen LogP contribution >= 0.6 is 11.8 Å². The summed E-state index contributed by atoms with van der Waals surface area (Å²) < 4.78 is 20.3. The first-order chi connectivity index (χ1) is 12.5. The highest BCUT2D eigenvalue weighted by Gasteiger charge is 2.25. The zero-order valence-electron chi connectivity index (χ0n) is 14.6. The van der Waals surface area contributed by atoms with E-state index in [1.807, 2.05) is 0 Å². The molecule has 2 rings (SSSR count). The Balaban J connectivity index is 2.18. The lowest BCUT2D eigenvalue weighted by atomic mass is 10.2. The normalized spacial score (nSPS) is 16.8. The van der Waals surface area contributed by atoms with Crippen molar-refractivity contribution in [3.8, 4) is 17.2 Å². The van der Waals surface area contributed by atoms with Crippen molar-refractivity contribution in [2.45, 2.75) is 0 Å². The Morgan fingerprint density at radius 2 is 1.77 bits per heavy atom. The maximum Gasteiger partial charge on any atom is 0.331 e. The van der Waals surface area contributed by atoms with Gasteiger partial charge in [0.2, 0.25) is 5.75 Å². The lowest BCUT2D eigenvalue weighted by molar-refractivity contribution is -0.135. The number of benzene rings is 1. The minimum Gasteiger partial charge on any atom is -0.493 e. The lowest BCUT2D eigenvalue weighted by Gasteiger charge is -2.12. The first-order valence-corrected chi connectivity index (χ1v) is 8.04. The average molecular weight is 379 g/mol. The van der Waals surface area contributed by atoms with Crippen LogP contribution in [0.1, 0.15) is 5.56 Å². The number of methoxy groups -OCH3 is 4.